The molecule has 0 bridgehead atoms. The molecule has 2 aliphatic rings. The number of pyridine rings is 1. The van der Waals surface area contributed by atoms with E-state index >= 15 is 0 Å². The van der Waals surface area contributed by atoms with Gasteiger partial charge in [0, 0.05) is 37.8 Å². The lowest BCUT2D eigenvalue weighted by Crippen LogP contribution is -2.38. The van der Waals surface area contributed by atoms with Gasteiger partial charge in [0.1, 0.15) is 17.7 Å². The Labute approximate surface area is 192 Å². The molecule has 2 fully saturated rings. The molecular weight excluding hydrogens is 454 g/mol. The highest BCUT2D eigenvalue weighted by molar-refractivity contribution is 5.94. The summed E-state index contributed by atoms with van der Waals surface area (Å²) in [7, 11) is 0. The minimum absolute atomic E-state index is 0.163. The standard InChI is InChI=1S/C23H23F4N5O2/c24-15-11-18(29-12-15)20-30-19-17(5-8-28-21(19)31-20)13-6-9-32(10-7-13)22(33)14-1-3-16(4-2-14)34-23(25,26)27/h1-5,8,13,15,18,29H,6-7,9-12H2,(H,28,30,31)/t15-,18+/m0/s1. The number of piperidine rings is 1. The van der Waals surface area contributed by atoms with E-state index in [1.165, 1.54) is 12.1 Å². The first-order valence-electron chi connectivity index (χ1n) is 11.1. The Balaban J connectivity index is 1.25. The highest BCUT2D eigenvalue weighted by Crippen LogP contribution is 2.34. The van der Waals surface area contributed by atoms with E-state index in [0.717, 1.165) is 36.1 Å². The second kappa shape index (κ2) is 8.86. The number of amides is 1. The number of hydrogen-bond donors (Lipinski definition) is 2. The van der Waals surface area contributed by atoms with Crippen molar-refractivity contribution in [3.05, 3.63) is 53.5 Å². The van der Waals surface area contributed by atoms with Gasteiger partial charge >= 0.3 is 6.36 Å². The topological polar surface area (TPSA) is 83.1 Å². The maximum absolute atomic E-state index is 13.6. The number of H-pyrrole nitrogens is 1. The van der Waals surface area contributed by atoms with Crippen molar-refractivity contribution in [1.82, 2.24) is 25.2 Å². The largest absolute Gasteiger partial charge is 0.573 e. The number of fused-ring (bicyclic) bond motifs is 1. The number of carbonyl (C=O) groups excluding carboxylic acids is 1. The third kappa shape index (κ3) is 4.70. The van der Waals surface area contributed by atoms with Gasteiger partial charge in [-0.1, -0.05) is 0 Å². The number of alkyl halides is 4. The van der Waals surface area contributed by atoms with Gasteiger partial charge in [0.15, 0.2) is 5.65 Å². The van der Waals surface area contributed by atoms with Crippen LogP contribution in [0, 0.1) is 0 Å². The van der Waals surface area contributed by atoms with Crippen LogP contribution in [0.3, 0.4) is 0 Å². The van der Waals surface area contributed by atoms with Gasteiger partial charge in [0.2, 0.25) is 0 Å². The van der Waals surface area contributed by atoms with E-state index in [2.05, 4.69) is 25.0 Å². The third-order valence-corrected chi connectivity index (χ3v) is 6.41. The predicted molar refractivity (Wildman–Crippen MR) is 115 cm³/mol. The molecule has 0 spiro atoms. The second-order valence-electron chi connectivity index (χ2n) is 8.65. The summed E-state index contributed by atoms with van der Waals surface area (Å²) in [6.07, 6.45) is -2.12. The van der Waals surface area contributed by atoms with Gasteiger partial charge in [-0.05, 0) is 54.7 Å². The summed E-state index contributed by atoms with van der Waals surface area (Å²) in [5, 5.41) is 3.13. The van der Waals surface area contributed by atoms with Crippen molar-refractivity contribution < 1.29 is 27.1 Å². The fourth-order valence-corrected chi connectivity index (χ4v) is 4.73. The van der Waals surface area contributed by atoms with E-state index in [9.17, 15) is 22.4 Å². The van der Waals surface area contributed by atoms with Crippen molar-refractivity contribution in [1.29, 1.82) is 0 Å². The molecule has 34 heavy (non-hydrogen) atoms. The molecule has 1 aromatic carbocycles. The Morgan fingerprint density at radius 3 is 2.50 bits per heavy atom. The highest BCUT2D eigenvalue weighted by atomic mass is 19.4. The molecule has 5 rings (SSSR count). The lowest BCUT2D eigenvalue weighted by molar-refractivity contribution is -0.274. The van der Waals surface area contributed by atoms with Crippen molar-refractivity contribution in [3.63, 3.8) is 0 Å². The van der Waals surface area contributed by atoms with Crippen LogP contribution in [0.5, 0.6) is 5.75 Å². The van der Waals surface area contributed by atoms with Crippen LogP contribution < -0.4 is 10.1 Å². The minimum Gasteiger partial charge on any atom is -0.406 e. The molecule has 2 aliphatic heterocycles. The molecule has 2 saturated heterocycles. The van der Waals surface area contributed by atoms with Crippen LogP contribution in [0.1, 0.15) is 53.0 Å². The number of carbonyl (C=O) groups is 1. The van der Waals surface area contributed by atoms with Crippen molar-refractivity contribution >= 4 is 17.1 Å². The number of aromatic nitrogens is 3. The van der Waals surface area contributed by atoms with Crippen molar-refractivity contribution in [3.8, 4) is 5.75 Å². The number of ether oxygens (including phenoxy) is 1. The molecule has 3 aromatic rings. The number of nitrogens with zero attached hydrogens (tertiary/aromatic N) is 3. The summed E-state index contributed by atoms with van der Waals surface area (Å²) in [6.45, 7) is 1.35. The zero-order valence-corrected chi connectivity index (χ0v) is 18.1. The average molecular weight is 477 g/mol. The van der Waals surface area contributed by atoms with Gasteiger partial charge in [0.25, 0.3) is 5.91 Å². The van der Waals surface area contributed by atoms with E-state index in [4.69, 9.17) is 0 Å². The lowest BCUT2D eigenvalue weighted by Gasteiger charge is -2.32. The van der Waals surface area contributed by atoms with Gasteiger partial charge in [-0.2, -0.15) is 0 Å². The lowest BCUT2D eigenvalue weighted by atomic mass is 9.89. The number of nitrogens with one attached hydrogen (secondary N) is 2. The minimum atomic E-state index is -4.77. The number of aromatic amines is 1. The Kier molecular flexibility index (Phi) is 5.88. The third-order valence-electron chi connectivity index (χ3n) is 6.41. The molecule has 2 N–H and O–H groups in total. The molecule has 0 aliphatic carbocycles. The van der Waals surface area contributed by atoms with Crippen LogP contribution in [0.2, 0.25) is 0 Å². The number of hydrogen-bond acceptors (Lipinski definition) is 5. The van der Waals surface area contributed by atoms with Crippen molar-refractivity contribution in [2.24, 2.45) is 0 Å². The summed E-state index contributed by atoms with van der Waals surface area (Å²) in [4.78, 5) is 26.8. The summed E-state index contributed by atoms with van der Waals surface area (Å²) in [6, 6.07) is 6.75. The van der Waals surface area contributed by atoms with Crippen LogP contribution in [-0.2, 0) is 0 Å². The van der Waals surface area contributed by atoms with E-state index < -0.39 is 12.5 Å². The first-order valence-corrected chi connectivity index (χ1v) is 11.1. The summed E-state index contributed by atoms with van der Waals surface area (Å²) < 4.78 is 54.5. The Hall–Kier alpha value is -3.21. The van der Waals surface area contributed by atoms with Crippen molar-refractivity contribution in [2.75, 3.05) is 19.6 Å². The molecule has 2 aromatic heterocycles. The number of imidazole rings is 1. The van der Waals surface area contributed by atoms with E-state index in [-0.39, 0.29) is 23.6 Å². The maximum Gasteiger partial charge on any atom is 0.573 e. The molecule has 1 amide bonds. The molecule has 4 heterocycles. The normalized spacial score (nSPS) is 21.8. The fourth-order valence-electron chi connectivity index (χ4n) is 4.73. The second-order valence-corrected chi connectivity index (χ2v) is 8.65. The first-order chi connectivity index (χ1) is 16.3. The quantitative estimate of drug-likeness (QED) is 0.549. The summed E-state index contributed by atoms with van der Waals surface area (Å²) >= 11 is 0. The smallest absolute Gasteiger partial charge is 0.406 e. The molecule has 2 atom stereocenters. The fraction of sp³-hybridized carbons (Fsp3) is 0.435. The predicted octanol–water partition coefficient (Wildman–Crippen LogP) is 4.25. The molecule has 7 nitrogen and oxygen atoms in total. The van der Waals surface area contributed by atoms with E-state index in [1.807, 2.05) is 6.07 Å². The molecule has 180 valence electrons. The number of rotatable bonds is 4. The molecule has 0 saturated carbocycles. The van der Waals surface area contributed by atoms with E-state index in [0.29, 0.717) is 43.1 Å². The zero-order chi connectivity index (χ0) is 23.9. The molecular formula is C23H23F4N5O2. The Morgan fingerprint density at radius 2 is 1.85 bits per heavy atom. The summed E-state index contributed by atoms with van der Waals surface area (Å²) in [5.74, 6) is 0.281. The summed E-state index contributed by atoms with van der Waals surface area (Å²) in [5.41, 5.74) is 2.81. The van der Waals surface area contributed by atoms with Crippen LogP contribution >= 0.6 is 0 Å². The van der Waals surface area contributed by atoms with Crippen LogP contribution in [0.4, 0.5) is 17.6 Å². The Bertz CT molecular complexity index is 1170. The first kappa shape index (κ1) is 22.6. The van der Waals surface area contributed by atoms with Gasteiger partial charge in [-0.3, -0.25) is 4.79 Å². The average Bonchev–Trinajstić information content (AvgIpc) is 3.44. The van der Waals surface area contributed by atoms with Crippen LogP contribution in [-0.4, -0.2) is 57.9 Å². The van der Waals surface area contributed by atoms with Crippen LogP contribution in [0.15, 0.2) is 36.5 Å². The monoisotopic (exact) mass is 477 g/mol. The van der Waals surface area contributed by atoms with Crippen molar-refractivity contribution in [2.45, 2.75) is 43.8 Å². The number of halogens is 4. The molecule has 11 heteroatoms. The maximum atomic E-state index is 13.6. The molecule has 0 radical (unpaired) electrons. The molecule has 0 unspecified atom stereocenters. The van der Waals surface area contributed by atoms with E-state index in [1.54, 1.807) is 11.1 Å². The van der Waals surface area contributed by atoms with Gasteiger partial charge in [-0.25, -0.2) is 14.4 Å². The Morgan fingerprint density at radius 1 is 1.12 bits per heavy atom. The van der Waals surface area contributed by atoms with Gasteiger partial charge in [-0.15, -0.1) is 13.2 Å². The number of likely N-dealkylation sites (tertiary alicyclic amines) is 1. The van der Waals surface area contributed by atoms with Gasteiger partial charge in [0.05, 0.1) is 11.6 Å². The highest BCUT2D eigenvalue weighted by Gasteiger charge is 2.32. The SMILES string of the molecule is O=C(c1ccc(OC(F)(F)F)cc1)N1CCC(c2ccnc3nc([C@H]4C[C@H](F)CN4)[nH]c23)CC1. The zero-order valence-electron chi connectivity index (χ0n) is 18.1. The van der Waals surface area contributed by atoms with Crippen LogP contribution in [0.25, 0.3) is 11.2 Å². The number of benzene rings is 1. The van der Waals surface area contributed by atoms with Gasteiger partial charge < -0.3 is 19.9 Å².